The van der Waals surface area contributed by atoms with Crippen molar-refractivity contribution < 1.29 is 9.53 Å². The van der Waals surface area contributed by atoms with Crippen molar-refractivity contribution in [3.8, 4) is 5.75 Å². The minimum Gasteiger partial charge on any atom is -0.497 e. The van der Waals surface area contributed by atoms with Crippen LogP contribution >= 0.6 is 0 Å². The van der Waals surface area contributed by atoms with Crippen molar-refractivity contribution in [2.75, 3.05) is 7.11 Å². The third-order valence-corrected chi connectivity index (χ3v) is 4.13. The normalized spacial score (nSPS) is 10.8. The van der Waals surface area contributed by atoms with Gasteiger partial charge in [0.1, 0.15) is 11.4 Å². The summed E-state index contributed by atoms with van der Waals surface area (Å²) in [6, 6.07) is 11.0. The van der Waals surface area contributed by atoms with Gasteiger partial charge in [-0.15, -0.1) is 0 Å². The van der Waals surface area contributed by atoms with Gasteiger partial charge in [-0.25, -0.2) is 0 Å². The van der Waals surface area contributed by atoms with E-state index in [2.05, 4.69) is 5.32 Å². The van der Waals surface area contributed by atoms with Crippen LogP contribution in [0.5, 0.6) is 5.75 Å². The van der Waals surface area contributed by atoms with Gasteiger partial charge in [-0.1, -0.05) is 12.1 Å². The number of carbonyl (C=O) groups is 1. The highest BCUT2D eigenvalue weighted by atomic mass is 16.5. The van der Waals surface area contributed by atoms with E-state index in [0.29, 0.717) is 17.6 Å². The highest BCUT2D eigenvalue weighted by molar-refractivity contribution is 5.98. The first-order valence-corrected chi connectivity index (χ1v) is 7.57. The Hall–Kier alpha value is -3.02. The highest BCUT2D eigenvalue weighted by Crippen LogP contribution is 2.15. The molecule has 0 aliphatic heterocycles. The maximum absolute atomic E-state index is 12.5. The van der Waals surface area contributed by atoms with Crippen LogP contribution in [0.3, 0.4) is 0 Å². The van der Waals surface area contributed by atoms with E-state index >= 15 is 0 Å². The van der Waals surface area contributed by atoms with Crippen LogP contribution in [-0.2, 0) is 20.6 Å². The molecule has 1 amide bonds. The standard InChI is InChI=1S/C18H19N3O3/c1-20-9-8-15-14(18(20)23)10-16(21(15)2)17(22)19-11-12-4-6-13(24-3)7-5-12/h4-10H,11H2,1-3H3,(H,19,22). The SMILES string of the molecule is COc1ccc(CNC(=O)c2cc3c(=O)n(C)ccc3n2C)cc1. The number of nitrogens with one attached hydrogen (secondary N) is 1. The summed E-state index contributed by atoms with van der Waals surface area (Å²) >= 11 is 0. The molecule has 0 unspecified atom stereocenters. The van der Waals surface area contributed by atoms with E-state index < -0.39 is 0 Å². The van der Waals surface area contributed by atoms with Gasteiger partial charge >= 0.3 is 0 Å². The van der Waals surface area contributed by atoms with E-state index in [4.69, 9.17) is 4.74 Å². The number of methoxy groups -OCH3 is 1. The minimum absolute atomic E-state index is 0.114. The maximum atomic E-state index is 12.5. The molecule has 0 atom stereocenters. The molecule has 0 aliphatic rings. The van der Waals surface area contributed by atoms with E-state index in [0.717, 1.165) is 16.8 Å². The number of hydrogen-bond acceptors (Lipinski definition) is 3. The predicted molar refractivity (Wildman–Crippen MR) is 92.3 cm³/mol. The van der Waals surface area contributed by atoms with E-state index in [1.165, 1.54) is 4.57 Å². The molecule has 24 heavy (non-hydrogen) atoms. The van der Waals surface area contributed by atoms with Gasteiger partial charge in [-0.2, -0.15) is 0 Å². The van der Waals surface area contributed by atoms with Crippen molar-refractivity contribution in [1.82, 2.24) is 14.5 Å². The third kappa shape index (κ3) is 2.78. The zero-order valence-electron chi connectivity index (χ0n) is 13.9. The van der Waals surface area contributed by atoms with Gasteiger partial charge in [0.25, 0.3) is 11.5 Å². The van der Waals surface area contributed by atoms with E-state index in [9.17, 15) is 9.59 Å². The van der Waals surface area contributed by atoms with E-state index in [1.54, 1.807) is 38.0 Å². The number of hydrogen-bond donors (Lipinski definition) is 1. The van der Waals surface area contributed by atoms with Crippen molar-refractivity contribution in [3.63, 3.8) is 0 Å². The van der Waals surface area contributed by atoms with Crippen LogP contribution in [0.2, 0.25) is 0 Å². The summed E-state index contributed by atoms with van der Waals surface area (Å²) in [5, 5.41) is 3.42. The molecule has 2 aromatic heterocycles. The number of amides is 1. The Labute approximate surface area is 139 Å². The Bertz CT molecular complexity index is 952. The quantitative estimate of drug-likeness (QED) is 0.796. The molecule has 1 N–H and O–H groups in total. The van der Waals surface area contributed by atoms with Gasteiger partial charge in [0.05, 0.1) is 18.0 Å². The molecule has 0 bridgehead atoms. The molecule has 0 saturated carbocycles. The summed E-state index contributed by atoms with van der Waals surface area (Å²) in [4.78, 5) is 24.6. The monoisotopic (exact) mass is 325 g/mol. The number of benzene rings is 1. The van der Waals surface area contributed by atoms with Crippen LogP contribution in [0.4, 0.5) is 0 Å². The van der Waals surface area contributed by atoms with Crippen LogP contribution in [0.25, 0.3) is 10.9 Å². The van der Waals surface area contributed by atoms with Crippen molar-refractivity contribution in [2.45, 2.75) is 6.54 Å². The molecule has 6 heteroatoms. The number of ether oxygens (including phenoxy) is 1. The van der Waals surface area contributed by atoms with Crippen molar-refractivity contribution in [2.24, 2.45) is 14.1 Å². The fraction of sp³-hybridized carbons (Fsp3) is 0.222. The number of fused-ring (bicyclic) bond motifs is 1. The van der Waals surface area contributed by atoms with E-state index in [1.807, 2.05) is 30.3 Å². The summed E-state index contributed by atoms with van der Waals surface area (Å²) in [5.41, 5.74) is 2.06. The van der Waals surface area contributed by atoms with Gasteiger partial charge in [0.15, 0.2) is 0 Å². The van der Waals surface area contributed by atoms with Crippen molar-refractivity contribution in [1.29, 1.82) is 0 Å². The Balaban J connectivity index is 1.82. The Kier molecular flexibility index (Phi) is 4.12. The number of aryl methyl sites for hydroxylation is 2. The molecule has 124 valence electrons. The molecule has 3 aromatic rings. The second kappa shape index (κ2) is 6.23. The van der Waals surface area contributed by atoms with Crippen LogP contribution in [0.1, 0.15) is 16.1 Å². The Morgan fingerprint density at radius 1 is 1.17 bits per heavy atom. The summed E-state index contributed by atoms with van der Waals surface area (Å²) in [6.45, 7) is 0.405. The summed E-state index contributed by atoms with van der Waals surface area (Å²) in [7, 11) is 5.09. The lowest BCUT2D eigenvalue weighted by Crippen LogP contribution is -2.24. The van der Waals surface area contributed by atoms with Crippen LogP contribution in [-0.4, -0.2) is 22.2 Å². The predicted octanol–water partition coefficient (Wildman–Crippen LogP) is 1.82. The number of pyridine rings is 1. The molecule has 6 nitrogen and oxygen atoms in total. The second-order valence-electron chi connectivity index (χ2n) is 5.65. The molecule has 0 saturated heterocycles. The van der Waals surface area contributed by atoms with Gasteiger partial charge in [-0.3, -0.25) is 9.59 Å². The molecule has 0 radical (unpaired) electrons. The molecular formula is C18H19N3O3. The van der Waals surface area contributed by atoms with E-state index in [-0.39, 0.29) is 11.5 Å². The molecule has 2 heterocycles. The third-order valence-electron chi connectivity index (χ3n) is 4.13. The number of aromatic nitrogens is 2. The van der Waals surface area contributed by atoms with Crippen LogP contribution in [0.15, 0.2) is 47.4 Å². The number of rotatable bonds is 4. The average molecular weight is 325 g/mol. The second-order valence-corrected chi connectivity index (χ2v) is 5.65. The molecule has 0 fully saturated rings. The molecular weight excluding hydrogens is 306 g/mol. The minimum atomic E-state index is -0.216. The fourth-order valence-electron chi connectivity index (χ4n) is 2.67. The zero-order valence-corrected chi connectivity index (χ0v) is 13.9. The van der Waals surface area contributed by atoms with Crippen LogP contribution < -0.4 is 15.6 Å². The number of nitrogens with zero attached hydrogens (tertiary/aromatic N) is 2. The lowest BCUT2D eigenvalue weighted by atomic mass is 10.2. The first kappa shape index (κ1) is 15.9. The lowest BCUT2D eigenvalue weighted by molar-refractivity contribution is 0.0943. The number of carbonyl (C=O) groups excluding carboxylic acids is 1. The Morgan fingerprint density at radius 2 is 1.88 bits per heavy atom. The Morgan fingerprint density at radius 3 is 2.54 bits per heavy atom. The van der Waals surface area contributed by atoms with Gasteiger partial charge in [-0.05, 0) is 29.8 Å². The fourth-order valence-corrected chi connectivity index (χ4v) is 2.67. The maximum Gasteiger partial charge on any atom is 0.268 e. The topological polar surface area (TPSA) is 65.3 Å². The van der Waals surface area contributed by atoms with Gasteiger partial charge in [0, 0.05) is 26.8 Å². The zero-order chi connectivity index (χ0) is 17.3. The lowest BCUT2D eigenvalue weighted by Gasteiger charge is -2.07. The smallest absolute Gasteiger partial charge is 0.268 e. The molecule has 3 rings (SSSR count). The van der Waals surface area contributed by atoms with Crippen molar-refractivity contribution >= 4 is 16.8 Å². The van der Waals surface area contributed by atoms with Crippen LogP contribution in [0, 0.1) is 0 Å². The summed E-state index contributed by atoms with van der Waals surface area (Å²) in [5.74, 6) is 0.557. The largest absolute Gasteiger partial charge is 0.497 e. The highest BCUT2D eigenvalue weighted by Gasteiger charge is 2.15. The van der Waals surface area contributed by atoms with Crippen molar-refractivity contribution in [3.05, 3.63) is 64.2 Å². The summed E-state index contributed by atoms with van der Waals surface area (Å²) in [6.07, 6.45) is 1.70. The van der Waals surface area contributed by atoms with Gasteiger partial charge in [0.2, 0.25) is 0 Å². The molecule has 0 spiro atoms. The average Bonchev–Trinajstić information content (AvgIpc) is 2.94. The van der Waals surface area contributed by atoms with Gasteiger partial charge < -0.3 is 19.2 Å². The summed E-state index contributed by atoms with van der Waals surface area (Å²) < 4.78 is 8.35. The first-order chi connectivity index (χ1) is 11.5. The molecule has 0 aliphatic carbocycles. The molecule has 1 aromatic carbocycles. The first-order valence-electron chi connectivity index (χ1n) is 7.57.